The standard InChI is InChI=1S/C11H16N2O2S.C4H8O/c1-10-3-2-4-11(9-10)16(14,15)13-7-5-12-6-8-13;1-3-4(2)5/h2-4,9,12H,5-8H2,1H3;3H2,1-2H3. The number of nitrogens with zero attached hydrogens (tertiary/aromatic N) is 1. The van der Waals surface area contributed by atoms with E-state index in [1.54, 1.807) is 25.1 Å². The summed E-state index contributed by atoms with van der Waals surface area (Å²) in [5, 5.41) is 3.14. The van der Waals surface area contributed by atoms with Crippen molar-refractivity contribution in [3.8, 4) is 0 Å². The minimum absolute atomic E-state index is 0.255. The number of hydrogen-bond donors (Lipinski definition) is 1. The molecular formula is C15H24N2O3S. The van der Waals surface area contributed by atoms with Crippen molar-refractivity contribution in [3.05, 3.63) is 29.8 Å². The molecule has 1 aromatic carbocycles. The van der Waals surface area contributed by atoms with Gasteiger partial charge in [0.25, 0.3) is 0 Å². The normalized spacial score (nSPS) is 16.0. The van der Waals surface area contributed by atoms with Gasteiger partial charge in [-0.2, -0.15) is 4.31 Å². The number of benzene rings is 1. The zero-order valence-corrected chi connectivity index (χ0v) is 13.7. The minimum atomic E-state index is -3.29. The molecule has 0 amide bonds. The molecule has 118 valence electrons. The SMILES string of the molecule is CCC(C)=O.Cc1cccc(S(=O)(=O)N2CCNCC2)c1. The van der Waals surface area contributed by atoms with E-state index in [0.717, 1.165) is 18.7 Å². The van der Waals surface area contributed by atoms with Crippen LogP contribution in [-0.4, -0.2) is 44.7 Å². The first-order valence-electron chi connectivity index (χ1n) is 7.15. The lowest BCUT2D eigenvalue weighted by molar-refractivity contribution is -0.116. The predicted molar refractivity (Wildman–Crippen MR) is 83.8 cm³/mol. The van der Waals surface area contributed by atoms with E-state index in [-0.39, 0.29) is 5.78 Å². The molecule has 1 aromatic rings. The third kappa shape index (κ3) is 5.57. The summed E-state index contributed by atoms with van der Waals surface area (Å²) in [5.74, 6) is 0.255. The Morgan fingerprint density at radius 1 is 1.29 bits per heavy atom. The summed E-state index contributed by atoms with van der Waals surface area (Å²) >= 11 is 0. The summed E-state index contributed by atoms with van der Waals surface area (Å²) in [6.07, 6.45) is 0.667. The number of hydrogen-bond acceptors (Lipinski definition) is 4. The molecule has 0 spiro atoms. The Morgan fingerprint density at radius 3 is 2.33 bits per heavy atom. The number of carbonyl (C=O) groups is 1. The van der Waals surface area contributed by atoms with Gasteiger partial charge in [-0.05, 0) is 31.5 Å². The van der Waals surface area contributed by atoms with E-state index in [1.165, 1.54) is 4.31 Å². The Hall–Kier alpha value is -1.24. The largest absolute Gasteiger partial charge is 0.314 e. The summed E-state index contributed by atoms with van der Waals surface area (Å²) in [5.41, 5.74) is 0.969. The quantitative estimate of drug-likeness (QED) is 0.920. The highest BCUT2D eigenvalue weighted by Crippen LogP contribution is 2.16. The molecule has 0 aliphatic carbocycles. The zero-order valence-electron chi connectivity index (χ0n) is 12.9. The fraction of sp³-hybridized carbons (Fsp3) is 0.533. The molecule has 0 saturated carbocycles. The number of Topliss-reactive ketones (excluding diaryl/α,β-unsaturated/α-hetero) is 1. The molecule has 0 bridgehead atoms. The Labute approximate surface area is 127 Å². The Balaban J connectivity index is 0.000000383. The smallest absolute Gasteiger partial charge is 0.243 e. The van der Waals surface area contributed by atoms with Crippen LogP contribution >= 0.6 is 0 Å². The highest BCUT2D eigenvalue weighted by Gasteiger charge is 2.25. The Morgan fingerprint density at radius 2 is 1.86 bits per heavy atom. The van der Waals surface area contributed by atoms with E-state index in [4.69, 9.17) is 0 Å². The summed E-state index contributed by atoms with van der Waals surface area (Å²) in [6, 6.07) is 7.06. The Bertz CT molecular complexity index is 564. The van der Waals surface area contributed by atoms with Gasteiger partial charge < -0.3 is 10.1 Å². The second kappa shape index (κ2) is 8.26. The predicted octanol–water partition coefficient (Wildman–Crippen LogP) is 1.57. The molecule has 0 radical (unpaired) electrons. The van der Waals surface area contributed by atoms with E-state index in [9.17, 15) is 13.2 Å². The van der Waals surface area contributed by atoms with Gasteiger partial charge in [0.1, 0.15) is 5.78 Å². The number of aryl methyl sites for hydroxylation is 1. The van der Waals surface area contributed by atoms with E-state index in [1.807, 2.05) is 19.9 Å². The van der Waals surface area contributed by atoms with Gasteiger partial charge in [0.2, 0.25) is 10.0 Å². The maximum absolute atomic E-state index is 12.2. The van der Waals surface area contributed by atoms with Crippen molar-refractivity contribution < 1.29 is 13.2 Å². The molecule has 0 aromatic heterocycles. The average molecular weight is 312 g/mol. The number of nitrogens with one attached hydrogen (secondary N) is 1. The fourth-order valence-electron chi connectivity index (χ4n) is 1.81. The molecular weight excluding hydrogens is 288 g/mol. The maximum atomic E-state index is 12.2. The van der Waals surface area contributed by atoms with Gasteiger partial charge in [-0.1, -0.05) is 19.1 Å². The van der Waals surface area contributed by atoms with Crippen LogP contribution < -0.4 is 5.32 Å². The van der Waals surface area contributed by atoms with E-state index < -0.39 is 10.0 Å². The van der Waals surface area contributed by atoms with Gasteiger partial charge in [0.15, 0.2) is 0 Å². The van der Waals surface area contributed by atoms with Gasteiger partial charge in [-0.25, -0.2) is 8.42 Å². The molecule has 1 N–H and O–H groups in total. The molecule has 5 nitrogen and oxygen atoms in total. The molecule has 1 aliphatic rings. The number of sulfonamides is 1. The summed E-state index contributed by atoms with van der Waals surface area (Å²) in [4.78, 5) is 10.2. The third-order valence-corrected chi connectivity index (χ3v) is 5.10. The van der Waals surface area contributed by atoms with E-state index >= 15 is 0 Å². The van der Waals surface area contributed by atoms with Crippen molar-refractivity contribution in [3.63, 3.8) is 0 Å². The van der Waals surface area contributed by atoms with Crippen LogP contribution in [0.5, 0.6) is 0 Å². The van der Waals surface area contributed by atoms with Crippen LogP contribution in [0.4, 0.5) is 0 Å². The van der Waals surface area contributed by atoms with Crippen LogP contribution in [0.1, 0.15) is 25.8 Å². The van der Waals surface area contributed by atoms with Gasteiger partial charge in [0, 0.05) is 32.6 Å². The summed E-state index contributed by atoms with van der Waals surface area (Å²) in [7, 11) is -3.29. The first kappa shape index (κ1) is 17.8. The van der Waals surface area contributed by atoms with Crippen LogP contribution in [0.25, 0.3) is 0 Å². The first-order chi connectivity index (χ1) is 9.87. The van der Waals surface area contributed by atoms with Crippen LogP contribution in [0.2, 0.25) is 0 Å². The summed E-state index contributed by atoms with van der Waals surface area (Å²) < 4.78 is 26.0. The molecule has 2 rings (SSSR count). The van der Waals surface area contributed by atoms with Crippen molar-refractivity contribution >= 4 is 15.8 Å². The lowest BCUT2D eigenvalue weighted by Gasteiger charge is -2.26. The highest BCUT2D eigenvalue weighted by atomic mass is 32.2. The van der Waals surface area contributed by atoms with Gasteiger partial charge >= 0.3 is 0 Å². The average Bonchev–Trinajstić information content (AvgIpc) is 2.48. The Kier molecular flexibility index (Phi) is 7.01. The molecule has 1 aliphatic heterocycles. The number of ketones is 1. The van der Waals surface area contributed by atoms with Gasteiger partial charge in [-0.3, -0.25) is 0 Å². The fourth-order valence-corrected chi connectivity index (χ4v) is 3.36. The second-order valence-corrected chi connectivity index (χ2v) is 6.96. The second-order valence-electron chi connectivity index (χ2n) is 5.03. The van der Waals surface area contributed by atoms with E-state index in [2.05, 4.69) is 5.32 Å². The zero-order chi connectivity index (χ0) is 15.9. The molecule has 0 atom stereocenters. The van der Waals surface area contributed by atoms with Crippen molar-refractivity contribution in [2.75, 3.05) is 26.2 Å². The van der Waals surface area contributed by atoms with Crippen molar-refractivity contribution in [1.82, 2.24) is 9.62 Å². The molecule has 0 unspecified atom stereocenters. The molecule has 1 fully saturated rings. The van der Waals surface area contributed by atoms with Crippen molar-refractivity contribution in [2.45, 2.75) is 32.1 Å². The number of piperazine rings is 1. The number of rotatable bonds is 3. The van der Waals surface area contributed by atoms with Crippen molar-refractivity contribution in [1.29, 1.82) is 0 Å². The number of carbonyl (C=O) groups excluding carboxylic acids is 1. The van der Waals surface area contributed by atoms with Gasteiger partial charge in [-0.15, -0.1) is 0 Å². The highest BCUT2D eigenvalue weighted by molar-refractivity contribution is 7.89. The molecule has 21 heavy (non-hydrogen) atoms. The van der Waals surface area contributed by atoms with Gasteiger partial charge in [0.05, 0.1) is 4.90 Å². The third-order valence-electron chi connectivity index (χ3n) is 3.20. The topological polar surface area (TPSA) is 66.5 Å². The summed E-state index contributed by atoms with van der Waals surface area (Å²) in [6.45, 7) is 7.89. The minimum Gasteiger partial charge on any atom is -0.314 e. The van der Waals surface area contributed by atoms with Crippen molar-refractivity contribution in [2.24, 2.45) is 0 Å². The molecule has 6 heteroatoms. The lowest BCUT2D eigenvalue weighted by Crippen LogP contribution is -2.46. The maximum Gasteiger partial charge on any atom is 0.243 e. The lowest BCUT2D eigenvalue weighted by atomic mass is 10.2. The molecule has 1 saturated heterocycles. The molecule has 1 heterocycles. The van der Waals surface area contributed by atoms with Crippen LogP contribution in [0, 0.1) is 6.92 Å². The first-order valence-corrected chi connectivity index (χ1v) is 8.59. The van der Waals surface area contributed by atoms with Crippen LogP contribution in [-0.2, 0) is 14.8 Å². The van der Waals surface area contributed by atoms with Crippen LogP contribution in [0.3, 0.4) is 0 Å². The van der Waals surface area contributed by atoms with Crippen LogP contribution in [0.15, 0.2) is 29.2 Å². The monoisotopic (exact) mass is 312 g/mol. The van der Waals surface area contributed by atoms with E-state index in [0.29, 0.717) is 24.4 Å².